The molecule has 1 atom stereocenters. The summed E-state index contributed by atoms with van der Waals surface area (Å²) in [6.07, 6.45) is -1.24. The van der Waals surface area contributed by atoms with Gasteiger partial charge in [0.2, 0.25) is 5.91 Å². The van der Waals surface area contributed by atoms with Crippen LogP contribution in [0.1, 0.15) is 50.3 Å². The van der Waals surface area contributed by atoms with Gasteiger partial charge in [-0.25, -0.2) is 9.59 Å². The Balaban J connectivity index is 1.35. The molecule has 0 saturated heterocycles. The summed E-state index contributed by atoms with van der Waals surface area (Å²) in [5, 5.41) is 7.79. The number of hydrogen-bond acceptors (Lipinski definition) is 7. The fraction of sp³-hybridized carbons (Fsp3) is 0.333. The van der Waals surface area contributed by atoms with Crippen molar-refractivity contribution in [2.45, 2.75) is 51.7 Å². The smallest absolute Gasteiger partial charge is 0.411 e. The van der Waals surface area contributed by atoms with Crippen molar-refractivity contribution in [1.82, 2.24) is 10.6 Å². The quantitative estimate of drug-likeness (QED) is 0.220. The number of amides is 3. The molecule has 1 aliphatic carbocycles. The van der Waals surface area contributed by atoms with Crippen molar-refractivity contribution >= 4 is 29.8 Å². The lowest BCUT2D eigenvalue weighted by molar-refractivity contribution is -0.143. The Bertz CT molecular complexity index is 1420. The zero-order chi connectivity index (χ0) is 31.0. The highest BCUT2D eigenvalue weighted by Gasteiger charge is 2.29. The number of esters is 1. The first kappa shape index (κ1) is 31.1. The molecule has 0 saturated carbocycles. The number of rotatable bonds is 10. The Morgan fingerprint density at radius 3 is 2.00 bits per heavy atom. The molecule has 3 N–H and O–H groups in total. The Morgan fingerprint density at radius 2 is 1.42 bits per heavy atom. The molecule has 0 heterocycles. The number of fused-ring (bicyclic) bond motifs is 3. The molecule has 0 fully saturated rings. The number of carbonyl (C=O) groups is 4. The van der Waals surface area contributed by atoms with Crippen LogP contribution in [0, 0.1) is 0 Å². The van der Waals surface area contributed by atoms with E-state index in [1.54, 1.807) is 52.0 Å². The first-order valence-corrected chi connectivity index (χ1v) is 14.2. The Kier molecular flexibility index (Phi) is 10.0. The summed E-state index contributed by atoms with van der Waals surface area (Å²) < 4.78 is 15.8. The van der Waals surface area contributed by atoms with E-state index >= 15 is 0 Å². The number of benzene rings is 3. The van der Waals surface area contributed by atoms with Crippen LogP contribution in [-0.4, -0.2) is 55.5 Å². The van der Waals surface area contributed by atoms with Gasteiger partial charge in [0.15, 0.2) is 0 Å². The van der Waals surface area contributed by atoms with E-state index in [4.69, 9.17) is 14.2 Å². The monoisotopic (exact) mass is 587 g/mol. The minimum absolute atomic E-state index is 0.0510. The van der Waals surface area contributed by atoms with Crippen LogP contribution >= 0.6 is 0 Å². The van der Waals surface area contributed by atoms with Crippen molar-refractivity contribution in [2.24, 2.45) is 0 Å². The molecule has 0 aliphatic heterocycles. The van der Waals surface area contributed by atoms with Gasteiger partial charge in [-0.1, -0.05) is 60.7 Å². The van der Waals surface area contributed by atoms with Crippen molar-refractivity contribution in [2.75, 3.05) is 25.1 Å². The molecule has 0 radical (unpaired) electrons. The fourth-order valence-electron chi connectivity index (χ4n) is 4.87. The number of hydrogen-bond donors (Lipinski definition) is 3. The molecular weight excluding hydrogens is 550 g/mol. The van der Waals surface area contributed by atoms with E-state index in [0.29, 0.717) is 11.3 Å². The molecule has 0 bridgehead atoms. The Morgan fingerprint density at radius 1 is 0.814 bits per heavy atom. The second-order valence-corrected chi connectivity index (χ2v) is 11.1. The average molecular weight is 588 g/mol. The molecule has 1 aliphatic rings. The Hall–Kier alpha value is -4.86. The van der Waals surface area contributed by atoms with Crippen LogP contribution in [0.4, 0.5) is 15.3 Å². The molecule has 3 amide bonds. The standard InChI is InChI=1S/C33H37N3O7/c1-5-41-29(37)19-34-30(38)28(36-32(40)43-33(2,3)4)18-21-14-16-22(17-15-21)35-31(39)42-20-27-25-12-8-6-10-23(25)24-11-7-9-13-26(24)27/h6-17,27-28H,5,18-20H2,1-4H3,(H,34,38)(H,35,39)(H,36,40)/t28-/m0/s1. The van der Waals surface area contributed by atoms with Crippen molar-refractivity contribution in [3.63, 3.8) is 0 Å². The summed E-state index contributed by atoms with van der Waals surface area (Å²) in [4.78, 5) is 49.6. The third-order valence-corrected chi connectivity index (χ3v) is 6.70. The van der Waals surface area contributed by atoms with Gasteiger partial charge in [0.25, 0.3) is 0 Å². The van der Waals surface area contributed by atoms with Crippen molar-refractivity contribution < 1.29 is 33.4 Å². The van der Waals surface area contributed by atoms with E-state index in [0.717, 1.165) is 22.3 Å². The van der Waals surface area contributed by atoms with Gasteiger partial charge in [0.05, 0.1) is 6.61 Å². The van der Waals surface area contributed by atoms with E-state index in [9.17, 15) is 19.2 Å². The zero-order valence-electron chi connectivity index (χ0n) is 24.8. The lowest BCUT2D eigenvalue weighted by Gasteiger charge is -2.23. The molecule has 0 spiro atoms. The molecule has 3 aromatic carbocycles. The molecule has 226 valence electrons. The summed E-state index contributed by atoms with van der Waals surface area (Å²) in [5.74, 6) is -1.21. The maximum atomic E-state index is 12.8. The van der Waals surface area contributed by atoms with Gasteiger partial charge >= 0.3 is 18.2 Å². The molecule has 10 nitrogen and oxygen atoms in total. The second-order valence-electron chi connectivity index (χ2n) is 11.1. The molecule has 0 unspecified atom stereocenters. The Labute approximate surface area is 251 Å². The number of alkyl carbamates (subject to hydrolysis) is 1. The van der Waals surface area contributed by atoms with Crippen molar-refractivity contribution in [3.8, 4) is 11.1 Å². The van der Waals surface area contributed by atoms with Crippen molar-refractivity contribution in [1.29, 1.82) is 0 Å². The van der Waals surface area contributed by atoms with Gasteiger partial charge < -0.3 is 24.8 Å². The SMILES string of the molecule is CCOC(=O)CNC(=O)[C@H](Cc1ccc(NC(=O)OCC2c3ccccc3-c3ccccc32)cc1)NC(=O)OC(C)(C)C. The summed E-state index contributed by atoms with van der Waals surface area (Å²) >= 11 is 0. The summed E-state index contributed by atoms with van der Waals surface area (Å²) in [5.41, 5.74) is 4.99. The van der Waals surface area contributed by atoms with Gasteiger partial charge in [-0.2, -0.15) is 0 Å². The summed E-state index contributed by atoms with van der Waals surface area (Å²) in [6, 6.07) is 22.0. The van der Waals surface area contributed by atoms with Crippen LogP contribution in [0.25, 0.3) is 11.1 Å². The maximum absolute atomic E-state index is 12.8. The molecule has 10 heteroatoms. The van der Waals surface area contributed by atoms with Gasteiger partial charge in [-0.3, -0.25) is 14.9 Å². The normalized spacial score (nSPS) is 12.7. The van der Waals surface area contributed by atoms with E-state index in [-0.39, 0.29) is 32.1 Å². The van der Waals surface area contributed by atoms with Crippen LogP contribution in [0.5, 0.6) is 0 Å². The number of anilines is 1. The molecule has 3 aromatic rings. The molecular formula is C33H37N3O7. The zero-order valence-corrected chi connectivity index (χ0v) is 24.8. The highest BCUT2D eigenvalue weighted by molar-refractivity contribution is 5.89. The highest BCUT2D eigenvalue weighted by Crippen LogP contribution is 2.44. The third-order valence-electron chi connectivity index (χ3n) is 6.70. The van der Waals surface area contributed by atoms with Gasteiger partial charge in [0, 0.05) is 18.0 Å². The van der Waals surface area contributed by atoms with Crippen LogP contribution in [-0.2, 0) is 30.2 Å². The van der Waals surface area contributed by atoms with E-state index in [2.05, 4.69) is 40.2 Å². The van der Waals surface area contributed by atoms with Gasteiger partial charge in [-0.15, -0.1) is 0 Å². The number of carbonyl (C=O) groups excluding carboxylic acids is 4. The number of nitrogens with one attached hydrogen (secondary N) is 3. The van der Waals surface area contributed by atoms with Crippen LogP contribution in [0.2, 0.25) is 0 Å². The lowest BCUT2D eigenvalue weighted by Crippen LogP contribution is -2.50. The minimum atomic E-state index is -1.02. The first-order chi connectivity index (χ1) is 20.5. The number of ether oxygens (including phenoxy) is 3. The van der Waals surface area contributed by atoms with E-state index < -0.39 is 35.7 Å². The predicted molar refractivity (Wildman–Crippen MR) is 162 cm³/mol. The van der Waals surface area contributed by atoms with Crippen LogP contribution in [0.15, 0.2) is 72.8 Å². The second kappa shape index (κ2) is 13.9. The highest BCUT2D eigenvalue weighted by atomic mass is 16.6. The lowest BCUT2D eigenvalue weighted by atomic mass is 9.98. The van der Waals surface area contributed by atoms with Gasteiger partial charge in [-0.05, 0) is 67.6 Å². The first-order valence-electron chi connectivity index (χ1n) is 14.2. The van der Waals surface area contributed by atoms with E-state index in [1.807, 2.05) is 24.3 Å². The van der Waals surface area contributed by atoms with Crippen molar-refractivity contribution in [3.05, 3.63) is 89.5 Å². The van der Waals surface area contributed by atoms with Gasteiger partial charge in [0.1, 0.15) is 24.8 Å². The molecule has 43 heavy (non-hydrogen) atoms. The minimum Gasteiger partial charge on any atom is -0.465 e. The maximum Gasteiger partial charge on any atom is 0.411 e. The predicted octanol–water partition coefficient (Wildman–Crippen LogP) is 5.16. The van der Waals surface area contributed by atoms with Crippen LogP contribution < -0.4 is 16.0 Å². The average Bonchev–Trinajstić information content (AvgIpc) is 3.28. The summed E-state index contributed by atoms with van der Waals surface area (Å²) in [7, 11) is 0. The van der Waals surface area contributed by atoms with E-state index in [1.165, 1.54) is 0 Å². The van der Waals surface area contributed by atoms with Crippen LogP contribution in [0.3, 0.4) is 0 Å². The molecule has 0 aromatic heterocycles. The third kappa shape index (κ3) is 8.57. The largest absolute Gasteiger partial charge is 0.465 e. The fourth-order valence-corrected chi connectivity index (χ4v) is 4.87. The summed E-state index contributed by atoms with van der Waals surface area (Å²) in [6.45, 7) is 6.85. The molecule has 4 rings (SSSR count). The topological polar surface area (TPSA) is 132 Å².